The van der Waals surface area contributed by atoms with Gasteiger partial charge in [-0.15, -0.1) is 5.10 Å². The van der Waals surface area contributed by atoms with Gasteiger partial charge < -0.3 is 15.0 Å². The number of ether oxygens (including phenoxy) is 1. The lowest BCUT2D eigenvalue weighted by Gasteiger charge is -2.11. The van der Waals surface area contributed by atoms with Crippen molar-refractivity contribution in [3.63, 3.8) is 0 Å². The normalized spacial score (nSPS) is 10.8. The molecule has 0 bridgehead atoms. The van der Waals surface area contributed by atoms with Crippen LogP contribution in [-0.4, -0.2) is 52.2 Å². The van der Waals surface area contributed by atoms with E-state index in [-0.39, 0.29) is 18.4 Å². The van der Waals surface area contributed by atoms with Crippen molar-refractivity contribution in [3.8, 4) is 5.88 Å². The van der Waals surface area contributed by atoms with Crippen molar-refractivity contribution >= 4 is 28.5 Å². The first kappa shape index (κ1) is 20.3. The number of carbonyl (C=O) groups excluding carboxylic acids is 2. The second kappa shape index (κ2) is 8.30. The molecule has 0 radical (unpaired) electrons. The number of rotatable bonds is 6. The minimum absolute atomic E-state index is 0.0257. The smallest absolute Gasteiger partial charge is 0.262 e. The maximum atomic E-state index is 12.3. The van der Waals surface area contributed by atoms with Gasteiger partial charge in [0, 0.05) is 32.5 Å². The van der Waals surface area contributed by atoms with Crippen molar-refractivity contribution in [1.82, 2.24) is 19.7 Å². The molecule has 2 heterocycles. The molecule has 0 fully saturated rings. The molecule has 0 spiro atoms. The number of hydrogen-bond donors (Lipinski definition) is 1. The van der Waals surface area contributed by atoms with Crippen molar-refractivity contribution in [2.45, 2.75) is 20.3 Å². The summed E-state index contributed by atoms with van der Waals surface area (Å²) in [5, 5.41) is 7.93. The van der Waals surface area contributed by atoms with Crippen LogP contribution in [0.25, 0.3) is 11.0 Å². The average molecular weight is 395 g/mol. The van der Waals surface area contributed by atoms with Gasteiger partial charge in [-0.1, -0.05) is 12.1 Å². The highest BCUT2D eigenvalue weighted by molar-refractivity contribution is 5.92. The van der Waals surface area contributed by atoms with E-state index in [4.69, 9.17) is 4.74 Å². The first-order chi connectivity index (χ1) is 13.7. The quantitative estimate of drug-likeness (QED) is 0.691. The predicted octanol–water partition coefficient (Wildman–Crippen LogP) is 2.23. The molecule has 0 atom stereocenters. The highest BCUT2D eigenvalue weighted by Crippen LogP contribution is 2.27. The van der Waals surface area contributed by atoms with Crippen LogP contribution in [0.15, 0.2) is 30.3 Å². The molecule has 3 rings (SSSR count). The van der Waals surface area contributed by atoms with Crippen LogP contribution in [0.4, 0.5) is 5.69 Å². The fourth-order valence-electron chi connectivity index (χ4n) is 3.02. The molecular weight excluding hydrogens is 370 g/mol. The number of carbonyl (C=O) groups is 2. The van der Waals surface area contributed by atoms with Crippen LogP contribution in [0.2, 0.25) is 0 Å². The number of amides is 2. The molecule has 8 heteroatoms. The summed E-state index contributed by atoms with van der Waals surface area (Å²) in [5.74, 6) is 0.122. The molecule has 29 heavy (non-hydrogen) atoms. The van der Waals surface area contributed by atoms with Crippen molar-refractivity contribution in [1.29, 1.82) is 0 Å². The van der Waals surface area contributed by atoms with E-state index in [0.717, 1.165) is 27.9 Å². The number of fused-ring (bicyclic) bond motifs is 1. The molecule has 1 aromatic carbocycles. The zero-order chi connectivity index (χ0) is 21.1. The van der Waals surface area contributed by atoms with Crippen LogP contribution >= 0.6 is 0 Å². The molecule has 2 amide bonds. The monoisotopic (exact) mass is 395 g/mol. The summed E-state index contributed by atoms with van der Waals surface area (Å²) in [4.78, 5) is 30.1. The number of likely N-dealkylation sites (N-methyl/N-ethyl adjacent to an activating group) is 1. The number of nitrogens with zero attached hydrogens (tertiary/aromatic N) is 4. The van der Waals surface area contributed by atoms with Gasteiger partial charge in [0.2, 0.25) is 11.8 Å². The van der Waals surface area contributed by atoms with E-state index in [1.807, 2.05) is 32.0 Å². The van der Waals surface area contributed by atoms with Gasteiger partial charge in [0.15, 0.2) is 12.3 Å². The standard InChI is InChI=1S/C21H25N5O3/c1-13-10-14(2)22-20-19(13)21(24-26(20)5)29-12-17(27)23-16-8-6-15(7-9-16)11-18(28)25(3)4/h6-10H,11-12H2,1-5H3,(H,23,27). The van der Waals surface area contributed by atoms with Gasteiger partial charge in [0.1, 0.15) is 0 Å². The average Bonchev–Trinajstić information content (AvgIpc) is 2.97. The van der Waals surface area contributed by atoms with E-state index in [9.17, 15) is 9.59 Å². The summed E-state index contributed by atoms with van der Waals surface area (Å²) < 4.78 is 7.31. The van der Waals surface area contributed by atoms with Crippen LogP contribution in [0.5, 0.6) is 5.88 Å². The summed E-state index contributed by atoms with van der Waals surface area (Å²) in [6.07, 6.45) is 0.323. The largest absolute Gasteiger partial charge is 0.466 e. The fourth-order valence-corrected chi connectivity index (χ4v) is 3.02. The third kappa shape index (κ3) is 4.71. The lowest BCUT2D eigenvalue weighted by molar-refractivity contribution is -0.128. The molecule has 1 N–H and O–H groups in total. The van der Waals surface area contributed by atoms with Crippen molar-refractivity contribution in [2.75, 3.05) is 26.0 Å². The number of aromatic nitrogens is 3. The molecule has 2 aromatic heterocycles. The maximum Gasteiger partial charge on any atom is 0.262 e. The van der Waals surface area contributed by atoms with Gasteiger partial charge in [0.25, 0.3) is 5.91 Å². The van der Waals surface area contributed by atoms with Crippen LogP contribution in [0.1, 0.15) is 16.8 Å². The number of nitrogens with one attached hydrogen (secondary N) is 1. The SMILES string of the molecule is Cc1cc(C)c2c(OCC(=O)Nc3ccc(CC(=O)N(C)C)cc3)nn(C)c2n1. The molecule has 8 nitrogen and oxygen atoms in total. The molecular formula is C21H25N5O3. The van der Waals surface area contributed by atoms with E-state index in [2.05, 4.69) is 15.4 Å². The molecule has 0 aliphatic rings. The first-order valence-electron chi connectivity index (χ1n) is 9.27. The molecule has 152 valence electrons. The van der Waals surface area contributed by atoms with Gasteiger partial charge >= 0.3 is 0 Å². The van der Waals surface area contributed by atoms with E-state index in [0.29, 0.717) is 18.0 Å². The summed E-state index contributed by atoms with van der Waals surface area (Å²) in [5.41, 5.74) is 4.15. The van der Waals surface area contributed by atoms with E-state index < -0.39 is 0 Å². The zero-order valence-corrected chi connectivity index (χ0v) is 17.3. The van der Waals surface area contributed by atoms with E-state index >= 15 is 0 Å². The third-order valence-corrected chi connectivity index (χ3v) is 4.52. The molecule has 3 aromatic rings. The zero-order valence-electron chi connectivity index (χ0n) is 17.3. The van der Waals surface area contributed by atoms with Crippen LogP contribution < -0.4 is 10.1 Å². The van der Waals surface area contributed by atoms with Gasteiger partial charge in [-0.25, -0.2) is 9.67 Å². The Morgan fingerprint density at radius 3 is 2.52 bits per heavy atom. The van der Waals surface area contributed by atoms with E-state index in [1.54, 1.807) is 42.9 Å². The van der Waals surface area contributed by atoms with E-state index in [1.165, 1.54) is 0 Å². The number of benzene rings is 1. The Morgan fingerprint density at radius 2 is 1.86 bits per heavy atom. The number of anilines is 1. The highest BCUT2D eigenvalue weighted by Gasteiger charge is 2.15. The fraction of sp³-hybridized carbons (Fsp3) is 0.333. The Morgan fingerprint density at radius 1 is 1.17 bits per heavy atom. The van der Waals surface area contributed by atoms with Gasteiger partial charge in [-0.3, -0.25) is 9.59 Å². The highest BCUT2D eigenvalue weighted by atomic mass is 16.5. The van der Waals surface area contributed by atoms with Gasteiger partial charge in [-0.05, 0) is 43.2 Å². The third-order valence-electron chi connectivity index (χ3n) is 4.52. The topological polar surface area (TPSA) is 89.4 Å². The Bertz CT molecular complexity index is 1050. The summed E-state index contributed by atoms with van der Waals surface area (Å²) in [7, 11) is 5.24. The Balaban J connectivity index is 1.62. The first-order valence-corrected chi connectivity index (χ1v) is 9.27. The van der Waals surface area contributed by atoms with Crippen molar-refractivity contribution < 1.29 is 14.3 Å². The van der Waals surface area contributed by atoms with Gasteiger partial charge in [-0.2, -0.15) is 0 Å². The minimum atomic E-state index is -0.293. The maximum absolute atomic E-state index is 12.3. The molecule has 0 saturated heterocycles. The van der Waals surface area contributed by atoms with Crippen LogP contribution in [0, 0.1) is 13.8 Å². The second-order valence-corrected chi connectivity index (χ2v) is 7.21. The summed E-state index contributed by atoms with van der Waals surface area (Å²) >= 11 is 0. The molecule has 0 saturated carbocycles. The Labute approximate surface area is 169 Å². The number of hydrogen-bond acceptors (Lipinski definition) is 5. The molecule has 0 unspecified atom stereocenters. The Hall–Kier alpha value is -3.42. The van der Waals surface area contributed by atoms with Crippen molar-refractivity contribution in [2.24, 2.45) is 7.05 Å². The molecule has 0 aliphatic carbocycles. The Kier molecular flexibility index (Phi) is 5.81. The minimum Gasteiger partial charge on any atom is -0.466 e. The number of aryl methyl sites for hydroxylation is 3. The van der Waals surface area contributed by atoms with Crippen LogP contribution in [0.3, 0.4) is 0 Å². The second-order valence-electron chi connectivity index (χ2n) is 7.21. The number of pyridine rings is 1. The molecule has 0 aliphatic heterocycles. The van der Waals surface area contributed by atoms with Crippen LogP contribution in [-0.2, 0) is 23.1 Å². The summed E-state index contributed by atoms with van der Waals surface area (Å²) in [6, 6.07) is 9.13. The van der Waals surface area contributed by atoms with Gasteiger partial charge in [0.05, 0.1) is 11.8 Å². The predicted molar refractivity (Wildman–Crippen MR) is 111 cm³/mol. The summed E-state index contributed by atoms with van der Waals surface area (Å²) in [6.45, 7) is 3.73. The lowest BCUT2D eigenvalue weighted by Crippen LogP contribution is -2.23. The lowest BCUT2D eigenvalue weighted by atomic mass is 10.1. The van der Waals surface area contributed by atoms with Crippen molar-refractivity contribution in [3.05, 3.63) is 47.2 Å².